The van der Waals surface area contributed by atoms with E-state index in [0.717, 1.165) is 6.07 Å². The van der Waals surface area contributed by atoms with Gasteiger partial charge in [0.15, 0.2) is 0 Å². The van der Waals surface area contributed by atoms with Crippen LogP contribution in [0.25, 0.3) is 11.4 Å². The van der Waals surface area contributed by atoms with Crippen LogP contribution in [-0.4, -0.2) is 105 Å². The number of hydrogen-bond donors (Lipinski definition) is 6. The Labute approximate surface area is 201 Å². The number of rotatable bonds is 10. The summed E-state index contributed by atoms with van der Waals surface area (Å²) < 4.78 is 53.5. The van der Waals surface area contributed by atoms with Crippen LogP contribution in [-0.2, 0) is 24.8 Å². The average molecular weight is 533 g/mol. The molecule has 1 fully saturated rings. The number of aromatic nitrogens is 4. The van der Waals surface area contributed by atoms with E-state index in [1.165, 1.54) is 6.07 Å². The molecule has 1 atom stereocenters. The lowest BCUT2D eigenvalue weighted by Crippen LogP contribution is -2.49. The molecular formula is C17H28N10O6S2. The Morgan fingerprint density at radius 2 is 1.86 bits per heavy atom. The summed E-state index contributed by atoms with van der Waals surface area (Å²) in [6, 6.07) is 2.51. The van der Waals surface area contributed by atoms with Crippen molar-refractivity contribution in [3.63, 3.8) is 0 Å². The van der Waals surface area contributed by atoms with E-state index in [-0.39, 0.29) is 36.8 Å². The molecule has 194 valence electrons. The third-order valence-electron chi connectivity index (χ3n) is 5.35. The standard InChI is InChI=1S/C17H28N10O6S2/c18-4-3-14(29)27-7-5-26(6-8-27)12-1-2-13(35(32,33)21-10-11(28)9-19)16(34(20,30)31)15(12)17-22-24-25-23-17/h1-2,11,21,28H,3-10,18-19H2,(H2,20,30,31)(H,22,23,24,25). The highest BCUT2D eigenvalue weighted by atomic mass is 32.2. The minimum absolute atomic E-state index is 0.0945. The number of benzene rings is 1. The Morgan fingerprint density at radius 3 is 2.40 bits per heavy atom. The molecule has 1 amide bonds. The summed E-state index contributed by atoms with van der Waals surface area (Å²) in [5.41, 5.74) is 10.9. The molecule has 0 saturated carbocycles. The fourth-order valence-corrected chi connectivity index (χ4v) is 6.31. The van der Waals surface area contributed by atoms with Crippen LogP contribution in [0.3, 0.4) is 0 Å². The molecule has 0 radical (unpaired) electrons. The number of sulfonamides is 2. The lowest BCUT2D eigenvalue weighted by molar-refractivity contribution is -0.131. The zero-order valence-corrected chi connectivity index (χ0v) is 20.3. The lowest BCUT2D eigenvalue weighted by atomic mass is 10.1. The highest BCUT2D eigenvalue weighted by Gasteiger charge is 2.34. The Hall–Kier alpha value is -2.74. The molecule has 1 saturated heterocycles. The van der Waals surface area contributed by atoms with Crippen molar-refractivity contribution in [2.75, 3.05) is 50.7 Å². The molecule has 2 aromatic rings. The number of aliphatic hydroxyl groups excluding tert-OH is 1. The van der Waals surface area contributed by atoms with Gasteiger partial charge >= 0.3 is 0 Å². The summed E-state index contributed by atoms with van der Waals surface area (Å²) >= 11 is 0. The van der Waals surface area contributed by atoms with Gasteiger partial charge in [-0.15, -0.1) is 10.2 Å². The van der Waals surface area contributed by atoms with E-state index in [9.17, 15) is 26.7 Å². The number of primary sulfonamides is 1. The van der Waals surface area contributed by atoms with E-state index in [0.29, 0.717) is 31.9 Å². The Morgan fingerprint density at radius 1 is 1.17 bits per heavy atom. The molecule has 16 nitrogen and oxygen atoms in total. The quantitative estimate of drug-likeness (QED) is 0.172. The number of hydrogen-bond acceptors (Lipinski definition) is 12. The van der Waals surface area contributed by atoms with Crippen molar-refractivity contribution < 1.29 is 26.7 Å². The minimum Gasteiger partial charge on any atom is -0.390 e. The molecule has 0 aliphatic carbocycles. The fourth-order valence-electron chi connectivity index (χ4n) is 3.64. The van der Waals surface area contributed by atoms with E-state index in [1.54, 1.807) is 9.80 Å². The van der Waals surface area contributed by atoms with Crippen LogP contribution < -0.4 is 26.2 Å². The summed E-state index contributed by atoms with van der Waals surface area (Å²) in [4.78, 5) is 14.2. The summed E-state index contributed by atoms with van der Waals surface area (Å²) in [6.45, 7) is 0.890. The van der Waals surface area contributed by atoms with Gasteiger partial charge in [-0.1, -0.05) is 0 Å². The molecule has 18 heteroatoms. The van der Waals surface area contributed by atoms with Crippen molar-refractivity contribution in [1.29, 1.82) is 0 Å². The van der Waals surface area contributed by atoms with E-state index in [2.05, 4.69) is 25.3 Å². The van der Waals surface area contributed by atoms with Crippen LogP contribution in [0.2, 0.25) is 0 Å². The topological polar surface area (TPSA) is 257 Å². The van der Waals surface area contributed by atoms with Crippen molar-refractivity contribution in [3.8, 4) is 11.4 Å². The summed E-state index contributed by atoms with van der Waals surface area (Å²) in [5, 5.41) is 28.5. The monoisotopic (exact) mass is 532 g/mol. The first-order valence-corrected chi connectivity index (χ1v) is 13.6. The van der Waals surface area contributed by atoms with Crippen molar-refractivity contribution >= 4 is 31.6 Å². The van der Waals surface area contributed by atoms with Gasteiger partial charge in [-0.25, -0.2) is 26.7 Å². The van der Waals surface area contributed by atoms with Crippen LogP contribution in [0.15, 0.2) is 21.9 Å². The number of carbonyl (C=O) groups excluding carboxylic acids is 1. The highest BCUT2D eigenvalue weighted by molar-refractivity contribution is 7.92. The molecule has 1 aromatic carbocycles. The van der Waals surface area contributed by atoms with E-state index in [1.807, 2.05) is 0 Å². The number of H-pyrrole nitrogens is 1. The van der Waals surface area contributed by atoms with Crippen molar-refractivity contribution in [2.24, 2.45) is 16.6 Å². The number of amides is 1. The smallest absolute Gasteiger partial charge is 0.242 e. The molecule has 1 aliphatic heterocycles. The molecule has 1 aromatic heterocycles. The summed E-state index contributed by atoms with van der Waals surface area (Å²) in [7, 11) is -9.10. The molecule has 1 unspecified atom stereocenters. The second-order valence-corrected chi connectivity index (χ2v) is 10.9. The SMILES string of the molecule is NCCC(=O)N1CCN(c2ccc(S(=O)(=O)NCC(O)CN)c(S(N)(=O)=O)c2-c2nn[nH]n2)CC1. The van der Waals surface area contributed by atoms with Gasteiger partial charge in [0.25, 0.3) is 0 Å². The van der Waals surface area contributed by atoms with E-state index in [4.69, 9.17) is 16.6 Å². The maximum Gasteiger partial charge on any atom is 0.242 e. The zero-order valence-electron chi connectivity index (χ0n) is 18.7. The molecule has 1 aliphatic rings. The van der Waals surface area contributed by atoms with Gasteiger partial charge in [-0.05, 0) is 17.3 Å². The van der Waals surface area contributed by atoms with Gasteiger partial charge in [0.05, 0.1) is 11.7 Å². The Bertz CT molecular complexity index is 1240. The lowest BCUT2D eigenvalue weighted by Gasteiger charge is -2.37. The minimum atomic E-state index is -4.64. The second-order valence-electron chi connectivity index (χ2n) is 7.72. The molecule has 0 bridgehead atoms. The maximum absolute atomic E-state index is 13.0. The molecule has 35 heavy (non-hydrogen) atoms. The predicted molar refractivity (Wildman–Crippen MR) is 124 cm³/mol. The second kappa shape index (κ2) is 10.9. The van der Waals surface area contributed by atoms with Gasteiger partial charge in [0.2, 0.25) is 31.8 Å². The summed E-state index contributed by atoms with van der Waals surface area (Å²) in [6.07, 6.45) is -0.973. The summed E-state index contributed by atoms with van der Waals surface area (Å²) in [5.74, 6) is -0.285. The number of nitrogens with zero attached hydrogens (tertiary/aromatic N) is 5. The highest BCUT2D eigenvalue weighted by Crippen LogP contribution is 2.38. The van der Waals surface area contributed by atoms with Crippen LogP contribution in [0.1, 0.15) is 6.42 Å². The number of anilines is 1. The van der Waals surface area contributed by atoms with Gasteiger partial charge in [0.1, 0.15) is 9.79 Å². The fraction of sp³-hybridized carbons (Fsp3) is 0.529. The third-order valence-corrected chi connectivity index (χ3v) is 7.94. The Kier molecular flexibility index (Phi) is 8.36. The van der Waals surface area contributed by atoms with Gasteiger partial charge in [-0.3, -0.25) is 4.79 Å². The first kappa shape index (κ1) is 26.9. The first-order chi connectivity index (χ1) is 16.5. The normalized spacial score (nSPS) is 15.9. The number of nitrogens with two attached hydrogens (primary N) is 3. The van der Waals surface area contributed by atoms with Crippen molar-refractivity contribution in [1.82, 2.24) is 30.2 Å². The number of nitrogens with one attached hydrogen (secondary N) is 2. The van der Waals surface area contributed by atoms with Crippen LogP contribution >= 0.6 is 0 Å². The maximum atomic E-state index is 13.0. The molecule has 0 spiro atoms. The van der Waals surface area contributed by atoms with Crippen molar-refractivity contribution in [2.45, 2.75) is 22.3 Å². The van der Waals surface area contributed by atoms with Crippen LogP contribution in [0.4, 0.5) is 5.69 Å². The molecular weight excluding hydrogens is 504 g/mol. The number of tetrazole rings is 1. The van der Waals surface area contributed by atoms with Gasteiger partial charge in [0, 0.05) is 57.9 Å². The number of piperazine rings is 1. The van der Waals surface area contributed by atoms with Crippen LogP contribution in [0.5, 0.6) is 0 Å². The van der Waals surface area contributed by atoms with Crippen molar-refractivity contribution in [3.05, 3.63) is 12.1 Å². The number of aromatic amines is 1. The predicted octanol–water partition coefficient (Wildman–Crippen LogP) is -3.89. The first-order valence-electron chi connectivity index (χ1n) is 10.5. The Balaban J connectivity index is 2.10. The zero-order chi connectivity index (χ0) is 25.8. The molecule has 3 rings (SSSR count). The third kappa shape index (κ3) is 6.10. The van der Waals surface area contributed by atoms with E-state index >= 15 is 0 Å². The van der Waals surface area contributed by atoms with Crippen LogP contribution in [0, 0.1) is 0 Å². The van der Waals surface area contributed by atoms with Gasteiger partial charge in [-0.2, -0.15) is 5.21 Å². The molecule has 2 heterocycles. The van der Waals surface area contributed by atoms with Gasteiger partial charge < -0.3 is 26.4 Å². The number of aliphatic hydroxyl groups is 1. The number of carbonyl (C=O) groups is 1. The largest absolute Gasteiger partial charge is 0.390 e. The average Bonchev–Trinajstić information content (AvgIpc) is 3.36. The molecule has 9 N–H and O–H groups in total. The van der Waals surface area contributed by atoms with E-state index < -0.39 is 42.5 Å².